The monoisotopic (exact) mass is 266 g/mol. The van der Waals surface area contributed by atoms with Crippen molar-refractivity contribution in [3.63, 3.8) is 0 Å². The second-order valence-electron chi connectivity index (χ2n) is 5.46. The Morgan fingerprint density at radius 3 is 2.72 bits per heavy atom. The lowest BCUT2D eigenvalue weighted by Gasteiger charge is -2.27. The van der Waals surface area contributed by atoms with E-state index in [1.54, 1.807) is 0 Å². The number of benzene rings is 1. The number of aryl methyl sites for hydroxylation is 1. The molecule has 0 atom stereocenters. The van der Waals surface area contributed by atoms with Crippen LogP contribution in [0, 0.1) is 12.8 Å². The quantitative estimate of drug-likeness (QED) is 0.901. The Bertz CT molecular complexity index is 386. The summed E-state index contributed by atoms with van der Waals surface area (Å²) >= 11 is 5.99. The van der Waals surface area contributed by atoms with Crippen LogP contribution in [0.3, 0.4) is 0 Å². The minimum Gasteiger partial charge on any atom is -0.317 e. The summed E-state index contributed by atoms with van der Waals surface area (Å²) in [6, 6.07) is 6.19. The summed E-state index contributed by atoms with van der Waals surface area (Å²) in [4.78, 5) is 2.44. The number of piperidine rings is 1. The first kappa shape index (κ1) is 13.9. The maximum atomic E-state index is 5.99. The maximum absolute atomic E-state index is 5.99. The van der Waals surface area contributed by atoms with Gasteiger partial charge in [0.15, 0.2) is 0 Å². The molecule has 0 amide bonds. The van der Waals surface area contributed by atoms with Crippen molar-refractivity contribution in [2.45, 2.75) is 26.3 Å². The molecule has 0 unspecified atom stereocenters. The number of hydrogen-bond donors (Lipinski definition) is 1. The molecule has 1 fully saturated rings. The van der Waals surface area contributed by atoms with Gasteiger partial charge in [0, 0.05) is 18.1 Å². The molecule has 1 N–H and O–H groups in total. The molecule has 2 rings (SSSR count). The van der Waals surface area contributed by atoms with Crippen LogP contribution in [0.25, 0.3) is 0 Å². The van der Waals surface area contributed by atoms with Crippen LogP contribution in [0.5, 0.6) is 0 Å². The molecule has 2 nitrogen and oxygen atoms in total. The molecular formula is C15H23ClN2. The maximum Gasteiger partial charge on any atom is 0.0408 e. The molecule has 3 heteroatoms. The van der Waals surface area contributed by atoms with Gasteiger partial charge in [-0.25, -0.2) is 0 Å². The molecule has 1 aromatic rings. The highest BCUT2D eigenvalue weighted by atomic mass is 35.5. The van der Waals surface area contributed by atoms with Crippen molar-refractivity contribution in [1.82, 2.24) is 10.2 Å². The van der Waals surface area contributed by atoms with Crippen molar-refractivity contribution in [2.24, 2.45) is 5.92 Å². The third-order valence-electron chi connectivity index (χ3n) is 3.77. The molecule has 18 heavy (non-hydrogen) atoms. The Morgan fingerprint density at radius 2 is 2.06 bits per heavy atom. The van der Waals surface area contributed by atoms with Crippen molar-refractivity contribution in [3.05, 3.63) is 34.3 Å². The summed E-state index contributed by atoms with van der Waals surface area (Å²) in [7, 11) is 2.22. The minimum absolute atomic E-state index is 0.831. The summed E-state index contributed by atoms with van der Waals surface area (Å²) in [5.74, 6) is 0.851. The van der Waals surface area contributed by atoms with Crippen molar-refractivity contribution in [2.75, 3.05) is 26.7 Å². The third-order valence-corrected chi connectivity index (χ3v) is 4.01. The second-order valence-corrected chi connectivity index (χ2v) is 5.90. The van der Waals surface area contributed by atoms with Crippen LogP contribution < -0.4 is 5.32 Å². The first-order chi connectivity index (χ1) is 8.65. The first-order valence-electron chi connectivity index (χ1n) is 6.79. The zero-order valence-electron chi connectivity index (χ0n) is 11.4. The fourth-order valence-corrected chi connectivity index (χ4v) is 2.92. The van der Waals surface area contributed by atoms with Crippen LogP contribution in [0.2, 0.25) is 5.02 Å². The van der Waals surface area contributed by atoms with Crippen molar-refractivity contribution in [3.8, 4) is 0 Å². The van der Waals surface area contributed by atoms with Crippen LogP contribution in [0.4, 0.5) is 0 Å². The molecule has 1 aliphatic rings. The van der Waals surface area contributed by atoms with E-state index >= 15 is 0 Å². The van der Waals surface area contributed by atoms with Crippen molar-refractivity contribution < 1.29 is 0 Å². The molecular weight excluding hydrogens is 244 g/mol. The Kier molecular flexibility index (Phi) is 5.04. The number of rotatable bonds is 4. The van der Waals surface area contributed by atoms with Gasteiger partial charge in [0.1, 0.15) is 0 Å². The van der Waals surface area contributed by atoms with E-state index in [2.05, 4.69) is 36.3 Å². The van der Waals surface area contributed by atoms with Gasteiger partial charge >= 0.3 is 0 Å². The van der Waals surface area contributed by atoms with Gasteiger partial charge in [-0.2, -0.15) is 0 Å². The summed E-state index contributed by atoms with van der Waals surface area (Å²) in [6.45, 7) is 6.72. The van der Waals surface area contributed by atoms with E-state index in [0.29, 0.717) is 0 Å². The predicted molar refractivity (Wildman–Crippen MR) is 78.1 cm³/mol. The third kappa shape index (κ3) is 3.98. The highest BCUT2D eigenvalue weighted by molar-refractivity contribution is 6.30. The van der Waals surface area contributed by atoms with Gasteiger partial charge in [-0.15, -0.1) is 0 Å². The summed E-state index contributed by atoms with van der Waals surface area (Å²) in [5.41, 5.74) is 2.68. The largest absolute Gasteiger partial charge is 0.317 e. The Balaban J connectivity index is 1.87. The molecule has 0 radical (unpaired) electrons. The average Bonchev–Trinajstić information content (AvgIpc) is 2.34. The highest BCUT2D eigenvalue weighted by Crippen LogP contribution is 2.18. The first-order valence-corrected chi connectivity index (χ1v) is 7.17. The molecule has 100 valence electrons. The van der Waals surface area contributed by atoms with Gasteiger partial charge in [0.25, 0.3) is 0 Å². The van der Waals surface area contributed by atoms with E-state index in [1.807, 2.05) is 6.07 Å². The van der Waals surface area contributed by atoms with E-state index < -0.39 is 0 Å². The predicted octanol–water partition coefficient (Wildman–Crippen LogP) is 3.08. The molecule has 1 saturated heterocycles. The zero-order valence-corrected chi connectivity index (χ0v) is 12.1. The van der Waals surface area contributed by atoms with Crippen LogP contribution in [-0.4, -0.2) is 31.6 Å². The number of halogens is 1. The van der Waals surface area contributed by atoms with Crippen molar-refractivity contribution >= 4 is 11.6 Å². The van der Waals surface area contributed by atoms with Gasteiger partial charge in [-0.3, -0.25) is 0 Å². The van der Waals surface area contributed by atoms with E-state index in [9.17, 15) is 0 Å². The normalized spacial score (nSPS) is 17.3. The van der Waals surface area contributed by atoms with Gasteiger partial charge in [0.05, 0.1) is 0 Å². The zero-order chi connectivity index (χ0) is 13.0. The number of nitrogens with one attached hydrogen (secondary N) is 1. The fraction of sp³-hybridized carbons (Fsp3) is 0.600. The highest BCUT2D eigenvalue weighted by Gasteiger charge is 2.15. The lowest BCUT2D eigenvalue weighted by molar-refractivity contribution is 0.234. The molecule has 0 spiro atoms. The Hall–Kier alpha value is -0.570. The second kappa shape index (κ2) is 6.55. The van der Waals surface area contributed by atoms with Gasteiger partial charge < -0.3 is 10.2 Å². The van der Waals surface area contributed by atoms with Crippen LogP contribution in [-0.2, 0) is 6.54 Å². The van der Waals surface area contributed by atoms with Gasteiger partial charge in [0.2, 0.25) is 0 Å². The van der Waals surface area contributed by atoms with Crippen molar-refractivity contribution in [1.29, 1.82) is 0 Å². The summed E-state index contributed by atoms with van der Waals surface area (Å²) < 4.78 is 0. The Labute approximate surface area is 115 Å². The summed E-state index contributed by atoms with van der Waals surface area (Å²) in [6.07, 6.45) is 2.62. The Morgan fingerprint density at radius 1 is 1.33 bits per heavy atom. The lowest BCUT2D eigenvalue weighted by atomic mass is 9.97. The minimum atomic E-state index is 0.831. The number of nitrogens with zero attached hydrogens (tertiary/aromatic N) is 1. The van der Waals surface area contributed by atoms with Crippen LogP contribution in [0.1, 0.15) is 24.0 Å². The molecule has 1 aliphatic heterocycles. The van der Waals surface area contributed by atoms with Gasteiger partial charge in [-0.1, -0.05) is 17.7 Å². The molecule has 0 bridgehead atoms. The van der Waals surface area contributed by atoms with E-state index in [0.717, 1.165) is 17.5 Å². The molecule has 1 aromatic carbocycles. The SMILES string of the molecule is Cc1cc(Cl)ccc1CN(C)CC1CCNCC1. The average molecular weight is 267 g/mol. The fourth-order valence-electron chi connectivity index (χ4n) is 2.70. The number of hydrogen-bond acceptors (Lipinski definition) is 2. The van der Waals surface area contributed by atoms with E-state index in [4.69, 9.17) is 11.6 Å². The lowest BCUT2D eigenvalue weighted by Crippen LogP contribution is -2.34. The molecule has 0 aromatic heterocycles. The molecule has 0 saturated carbocycles. The van der Waals surface area contributed by atoms with E-state index in [-0.39, 0.29) is 0 Å². The molecule has 0 aliphatic carbocycles. The van der Waals surface area contributed by atoms with Crippen LogP contribution in [0.15, 0.2) is 18.2 Å². The standard InChI is InChI=1S/C15H23ClN2/c1-12-9-15(16)4-3-14(12)11-18(2)10-13-5-7-17-8-6-13/h3-4,9,13,17H,5-8,10-11H2,1-2H3. The molecule has 1 heterocycles. The smallest absolute Gasteiger partial charge is 0.0408 e. The topological polar surface area (TPSA) is 15.3 Å². The van der Waals surface area contributed by atoms with E-state index in [1.165, 1.54) is 43.6 Å². The summed E-state index contributed by atoms with van der Waals surface area (Å²) in [5, 5.41) is 4.25. The van der Waals surface area contributed by atoms with Crippen LogP contribution >= 0.6 is 11.6 Å². The van der Waals surface area contributed by atoms with Gasteiger partial charge in [-0.05, 0) is 69.1 Å².